The molecule has 0 aliphatic heterocycles. The van der Waals surface area contributed by atoms with Gasteiger partial charge in [-0.3, -0.25) is 4.79 Å². The fraction of sp³-hybridized carbons (Fsp3) is 0.190. The first kappa shape index (κ1) is 19.2. The van der Waals surface area contributed by atoms with E-state index in [-0.39, 0.29) is 11.6 Å². The van der Waals surface area contributed by atoms with Gasteiger partial charge in [-0.15, -0.1) is 10.2 Å². The molecule has 28 heavy (non-hydrogen) atoms. The quantitative estimate of drug-likeness (QED) is 0.671. The number of anilines is 3. The van der Waals surface area contributed by atoms with E-state index in [0.29, 0.717) is 23.0 Å². The number of carbonyl (C=O) groups is 1. The van der Waals surface area contributed by atoms with Crippen LogP contribution >= 0.6 is 0 Å². The maximum Gasteiger partial charge on any atom is 0.276 e. The third kappa shape index (κ3) is 4.20. The highest BCUT2D eigenvalue weighted by Crippen LogP contribution is 2.30. The van der Waals surface area contributed by atoms with Crippen LogP contribution in [0.1, 0.15) is 21.6 Å². The number of nitrogens with one attached hydrogen (secondary N) is 2. The van der Waals surface area contributed by atoms with Gasteiger partial charge in [0.15, 0.2) is 23.0 Å². The van der Waals surface area contributed by atoms with Crippen LogP contribution < -0.4 is 20.1 Å². The maximum absolute atomic E-state index is 12.4. The zero-order valence-corrected chi connectivity index (χ0v) is 16.2. The number of methoxy groups -OCH3 is 2. The molecule has 1 aromatic heterocycles. The van der Waals surface area contributed by atoms with Crippen molar-refractivity contribution in [3.05, 3.63) is 65.4 Å². The second-order valence-corrected chi connectivity index (χ2v) is 6.20. The van der Waals surface area contributed by atoms with E-state index >= 15 is 0 Å². The summed E-state index contributed by atoms with van der Waals surface area (Å²) in [6.07, 6.45) is 0. The minimum atomic E-state index is -0.363. The number of rotatable bonds is 6. The van der Waals surface area contributed by atoms with Crippen LogP contribution in [0.3, 0.4) is 0 Å². The van der Waals surface area contributed by atoms with Gasteiger partial charge in [0, 0.05) is 17.4 Å². The number of ether oxygens (including phenoxy) is 2. The van der Waals surface area contributed by atoms with Gasteiger partial charge < -0.3 is 20.1 Å². The Balaban J connectivity index is 1.71. The Hall–Kier alpha value is -3.61. The smallest absolute Gasteiger partial charge is 0.276 e. The van der Waals surface area contributed by atoms with Gasteiger partial charge in [-0.1, -0.05) is 12.1 Å². The van der Waals surface area contributed by atoms with Gasteiger partial charge in [-0.2, -0.15) is 0 Å². The van der Waals surface area contributed by atoms with Crippen LogP contribution in [-0.2, 0) is 0 Å². The van der Waals surface area contributed by atoms with Gasteiger partial charge in [-0.05, 0) is 55.3 Å². The number of hydrogen-bond acceptors (Lipinski definition) is 6. The Bertz CT molecular complexity index is 987. The second-order valence-electron chi connectivity index (χ2n) is 6.20. The summed E-state index contributed by atoms with van der Waals surface area (Å²) in [6, 6.07) is 14.5. The number of benzene rings is 2. The third-order valence-corrected chi connectivity index (χ3v) is 4.41. The number of carbonyl (C=O) groups excluding carboxylic acids is 1. The van der Waals surface area contributed by atoms with Crippen LogP contribution in [0.4, 0.5) is 17.2 Å². The van der Waals surface area contributed by atoms with Crippen molar-refractivity contribution in [2.24, 2.45) is 0 Å². The average molecular weight is 378 g/mol. The minimum absolute atomic E-state index is 0.210. The highest BCUT2D eigenvalue weighted by atomic mass is 16.5. The van der Waals surface area contributed by atoms with E-state index in [2.05, 4.69) is 20.8 Å². The molecule has 7 heteroatoms. The van der Waals surface area contributed by atoms with E-state index < -0.39 is 0 Å². The van der Waals surface area contributed by atoms with Crippen molar-refractivity contribution in [2.75, 3.05) is 24.9 Å². The molecule has 0 atom stereocenters. The monoisotopic (exact) mass is 378 g/mol. The lowest BCUT2D eigenvalue weighted by atomic mass is 10.1. The van der Waals surface area contributed by atoms with Crippen molar-refractivity contribution in [3.8, 4) is 11.5 Å². The van der Waals surface area contributed by atoms with Crippen molar-refractivity contribution in [3.63, 3.8) is 0 Å². The van der Waals surface area contributed by atoms with Crippen molar-refractivity contribution in [1.82, 2.24) is 10.2 Å². The second kappa shape index (κ2) is 8.39. The molecule has 0 aliphatic carbocycles. The molecule has 2 N–H and O–H groups in total. The first-order valence-electron chi connectivity index (χ1n) is 8.72. The van der Waals surface area contributed by atoms with Crippen LogP contribution in [-0.4, -0.2) is 30.3 Å². The number of nitrogens with zero attached hydrogens (tertiary/aromatic N) is 2. The largest absolute Gasteiger partial charge is 0.493 e. The maximum atomic E-state index is 12.4. The molecule has 2 aromatic carbocycles. The fourth-order valence-corrected chi connectivity index (χ4v) is 2.65. The van der Waals surface area contributed by atoms with Crippen LogP contribution in [0.2, 0.25) is 0 Å². The molecule has 0 unspecified atom stereocenters. The minimum Gasteiger partial charge on any atom is -0.493 e. The molecule has 144 valence electrons. The molecule has 0 saturated carbocycles. The van der Waals surface area contributed by atoms with E-state index in [1.165, 1.54) is 12.7 Å². The zero-order valence-electron chi connectivity index (χ0n) is 16.2. The molecule has 0 bridgehead atoms. The lowest BCUT2D eigenvalue weighted by Gasteiger charge is -2.11. The molecule has 1 heterocycles. The Morgan fingerprint density at radius 3 is 2.39 bits per heavy atom. The van der Waals surface area contributed by atoms with Gasteiger partial charge >= 0.3 is 0 Å². The van der Waals surface area contributed by atoms with Crippen LogP contribution in [0.15, 0.2) is 48.5 Å². The topological polar surface area (TPSA) is 85.4 Å². The summed E-state index contributed by atoms with van der Waals surface area (Å²) in [5.41, 5.74) is 4.06. The molecular weight excluding hydrogens is 356 g/mol. The third-order valence-electron chi connectivity index (χ3n) is 4.41. The van der Waals surface area contributed by atoms with Gasteiger partial charge in [-0.25, -0.2) is 0 Å². The normalized spacial score (nSPS) is 10.3. The van der Waals surface area contributed by atoms with E-state index in [9.17, 15) is 4.79 Å². The Kier molecular flexibility index (Phi) is 5.74. The summed E-state index contributed by atoms with van der Waals surface area (Å²) in [5, 5.41) is 14.1. The molecule has 0 radical (unpaired) electrons. The first-order chi connectivity index (χ1) is 13.5. The van der Waals surface area contributed by atoms with Gasteiger partial charge in [0.25, 0.3) is 5.91 Å². The summed E-state index contributed by atoms with van der Waals surface area (Å²) >= 11 is 0. The van der Waals surface area contributed by atoms with Crippen LogP contribution in [0.5, 0.6) is 11.5 Å². The molecule has 0 aliphatic rings. The van der Waals surface area contributed by atoms with Crippen LogP contribution in [0, 0.1) is 13.8 Å². The molecule has 0 saturated heterocycles. The Morgan fingerprint density at radius 1 is 0.929 bits per heavy atom. The van der Waals surface area contributed by atoms with E-state index in [4.69, 9.17) is 9.47 Å². The standard InChI is InChI=1S/C21H22N4O3/c1-13-6-5-7-16(14(13)2)23-20-11-9-17(24-25-20)21(26)22-15-8-10-18(27-3)19(12-15)28-4/h5-12H,1-4H3,(H,22,26)(H,23,25). The Labute approximate surface area is 163 Å². The van der Waals surface area contributed by atoms with Crippen molar-refractivity contribution in [2.45, 2.75) is 13.8 Å². The molecule has 3 aromatic rings. The zero-order chi connectivity index (χ0) is 20.1. The lowest BCUT2D eigenvalue weighted by Crippen LogP contribution is -2.14. The number of hydrogen-bond donors (Lipinski definition) is 2. The first-order valence-corrected chi connectivity index (χ1v) is 8.72. The number of aromatic nitrogens is 2. The Morgan fingerprint density at radius 2 is 1.71 bits per heavy atom. The molecular formula is C21H22N4O3. The van der Waals surface area contributed by atoms with E-state index in [1.807, 2.05) is 32.0 Å². The SMILES string of the molecule is COc1ccc(NC(=O)c2ccc(Nc3cccc(C)c3C)nn2)cc1OC. The summed E-state index contributed by atoms with van der Waals surface area (Å²) < 4.78 is 10.4. The fourth-order valence-electron chi connectivity index (χ4n) is 2.65. The van der Waals surface area contributed by atoms with Crippen molar-refractivity contribution >= 4 is 23.1 Å². The highest BCUT2D eigenvalue weighted by Gasteiger charge is 2.11. The van der Waals surface area contributed by atoms with E-state index in [0.717, 1.165) is 11.3 Å². The molecule has 3 rings (SSSR count). The lowest BCUT2D eigenvalue weighted by molar-refractivity contribution is 0.102. The predicted molar refractivity (Wildman–Crippen MR) is 109 cm³/mol. The molecule has 1 amide bonds. The number of amides is 1. The summed E-state index contributed by atoms with van der Waals surface area (Å²) in [4.78, 5) is 12.4. The molecule has 7 nitrogen and oxygen atoms in total. The van der Waals surface area contributed by atoms with Crippen LogP contribution in [0.25, 0.3) is 0 Å². The van der Waals surface area contributed by atoms with Crippen molar-refractivity contribution < 1.29 is 14.3 Å². The summed E-state index contributed by atoms with van der Waals surface area (Å²) in [6.45, 7) is 4.09. The molecule has 0 spiro atoms. The van der Waals surface area contributed by atoms with Gasteiger partial charge in [0.2, 0.25) is 0 Å². The summed E-state index contributed by atoms with van der Waals surface area (Å²) in [5.74, 6) is 1.32. The number of aryl methyl sites for hydroxylation is 1. The van der Waals surface area contributed by atoms with E-state index in [1.54, 1.807) is 37.4 Å². The predicted octanol–water partition coefficient (Wildman–Crippen LogP) is 4.11. The highest BCUT2D eigenvalue weighted by molar-refractivity contribution is 6.03. The van der Waals surface area contributed by atoms with Gasteiger partial charge in [0.1, 0.15) is 0 Å². The summed E-state index contributed by atoms with van der Waals surface area (Å²) in [7, 11) is 3.09. The average Bonchev–Trinajstić information content (AvgIpc) is 2.71. The van der Waals surface area contributed by atoms with Crippen molar-refractivity contribution in [1.29, 1.82) is 0 Å². The molecule has 0 fully saturated rings. The van der Waals surface area contributed by atoms with Gasteiger partial charge in [0.05, 0.1) is 14.2 Å².